The van der Waals surface area contributed by atoms with Gasteiger partial charge in [-0.15, -0.1) is 0 Å². The maximum atomic E-state index is 12.9. The van der Waals surface area contributed by atoms with Crippen LogP contribution in [0.25, 0.3) is 11.1 Å². The summed E-state index contributed by atoms with van der Waals surface area (Å²) in [6, 6.07) is 8.17. The normalized spacial score (nSPS) is 18.4. The molecular weight excluding hydrogens is 395 g/mol. The van der Waals surface area contributed by atoms with E-state index in [1.165, 1.54) is 12.1 Å². The maximum Gasteiger partial charge on any atom is 0.416 e. The fourth-order valence-corrected chi connectivity index (χ4v) is 4.20. The van der Waals surface area contributed by atoms with Crippen LogP contribution >= 0.6 is 0 Å². The zero-order chi connectivity index (χ0) is 21.5. The molecule has 0 atom stereocenters. The Labute approximate surface area is 172 Å². The van der Waals surface area contributed by atoms with E-state index in [2.05, 4.69) is 0 Å². The van der Waals surface area contributed by atoms with E-state index < -0.39 is 23.1 Å². The second kappa shape index (κ2) is 7.52. The number of hydrogen-bond donors (Lipinski definition) is 2. The van der Waals surface area contributed by atoms with Gasteiger partial charge >= 0.3 is 12.1 Å². The molecule has 2 aromatic rings. The first-order valence-corrected chi connectivity index (χ1v) is 10.2. The van der Waals surface area contributed by atoms with Crippen molar-refractivity contribution in [2.75, 3.05) is 12.3 Å². The lowest BCUT2D eigenvalue weighted by atomic mass is 9.77. The van der Waals surface area contributed by atoms with E-state index in [-0.39, 0.29) is 0 Å². The van der Waals surface area contributed by atoms with Crippen molar-refractivity contribution in [1.29, 1.82) is 0 Å². The minimum atomic E-state index is -4.43. The molecule has 0 amide bonds. The number of anilines is 1. The fraction of sp³-hybridized carbons (Fsp3) is 0.435. The molecule has 2 aromatic carbocycles. The molecule has 4 nitrogen and oxygen atoms in total. The van der Waals surface area contributed by atoms with Crippen LogP contribution in [0.3, 0.4) is 0 Å². The maximum absolute atomic E-state index is 12.9. The number of rotatable bonds is 6. The predicted octanol–water partition coefficient (Wildman–Crippen LogP) is 5.64. The van der Waals surface area contributed by atoms with Crippen molar-refractivity contribution in [3.63, 3.8) is 0 Å². The quantitative estimate of drug-likeness (QED) is 0.595. The molecule has 0 saturated heterocycles. The zero-order valence-electron chi connectivity index (χ0n) is 16.5. The van der Waals surface area contributed by atoms with Crippen LogP contribution in [-0.4, -0.2) is 17.7 Å². The monoisotopic (exact) mass is 419 g/mol. The Balaban J connectivity index is 1.80. The highest BCUT2D eigenvalue weighted by atomic mass is 19.4. The van der Waals surface area contributed by atoms with E-state index in [1.54, 1.807) is 12.1 Å². The molecule has 0 aromatic heterocycles. The third-order valence-electron chi connectivity index (χ3n) is 6.26. The van der Waals surface area contributed by atoms with Crippen molar-refractivity contribution < 1.29 is 27.8 Å². The van der Waals surface area contributed by atoms with Gasteiger partial charge in [-0.1, -0.05) is 25.0 Å². The number of nitrogen functional groups attached to an aromatic ring is 1. The van der Waals surface area contributed by atoms with Crippen molar-refractivity contribution in [3.05, 3.63) is 47.5 Å². The second-order valence-corrected chi connectivity index (χ2v) is 8.36. The molecule has 0 spiro atoms. The van der Waals surface area contributed by atoms with Gasteiger partial charge in [-0.25, -0.2) is 0 Å². The third kappa shape index (κ3) is 3.85. The summed E-state index contributed by atoms with van der Waals surface area (Å²) in [7, 11) is 0. The molecule has 4 rings (SSSR count). The number of carboxylic acids is 1. The van der Waals surface area contributed by atoms with Gasteiger partial charge in [0.2, 0.25) is 0 Å². The zero-order valence-corrected chi connectivity index (χ0v) is 16.5. The lowest BCUT2D eigenvalue weighted by Gasteiger charge is -2.27. The second-order valence-electron chi connectivity index (χ2n) is 8.36. The number of halogens is 3. The lowest BCUT2D eigenvalue weighted by molar-refractivity contribution is -0.143. The fourth-order valence-electron chi connectivity index (χ4n) is 4.20. The Hall–Kier alpha value is -2.70. The van der Waals surface area contributed by atoms with Crippen molar-refractivity contribution in [2.45, 2.75) is 50.1 Å². The van der Waals surface area contributed by atoms with Crippen LogP contribution in [0.2, 0.25) is 0 Å². The predicted molar refractivity (Wildman–Crippen MR) is 107 cm³/mol. The topological polar surface area (TPSA) is 72.5 Å². The van der Waals surface area contributed by atoms with Crippen LogP contribution in [-0.2, 0) is 16.4 Å². The number of hydrogen-bond acceptors (Lipinski definition) is 3. The number of benzene rings is 2. The number of nitrogens with two attached hydrogens (primary N) is 1. The Morgan fingerprint density at radius 2 is 1.77 bits per heavy atom. The van der Waals surface area contributed by atoms with Crippen molar-refractivity contribution in [1.82, 2.24) is 0 Å². The number of aliphatic carboxylic acids is 1. The molecule has 2 fully saturated rings. The first-order valence-electron chi connectivity index (χ1n) is 10.2. The average Bonchev–Trinajstić information content (AvgIpc) is 3.39. The molecule has 0 aliphatic heterocycles. The first kappa shape index (κ1) is 20.6. The van der Waals surface area contributed by atoms with Gasteiger partial charge in [0.05, 0.1) is 23.3 Å². The molecule has 2 aliphatic rings. The number of carbonyl (C=O) groups is 1. The van der Waals surface area contributed by atoms with Gasteiger partial charge in [0.1, 0.15) is 5.75 Å². The summed E-state index contributed by atoms with van der Waals surface area (Å²) in [5, 5.41) is 10.00. The van der Waals surface area contributed by atoms with E-state index in [9.17, 15) is 23.1 Å². The Morgan fingerprint density at radius 1 is 1.13 bits per heavy atom. The summed E-state index contributed by atoms with van der Waals surface area (Å²) >= 11 is 0. The SMILES string of the molecule is Nc1c(OCC2CC2)cc(C2(C(=O)O)CCCC2)cc1-c1ccc(C(F)(F)F)cc1. The van der Waals surface area contributed by atoms with Gasteiger partial charge in [-0.05, 0) is 67.0 Å². The Kier molecular flexibility index (Phi) is 5.16. The molecular formula is C23H24F3NO3. The highest BCUT2D eigenvalue weighted by Crippen LogP contribution is 2.46. The molecule has 0 heterocycles. The molecule has 2 saturated carbocycles. The summed E-state index contributed by atoms with van der Waals surface area (Å²) < 4.78 is 44.8. The largest absolute Gasteiger partial charge is 0.491 e. The van der Waals surface area contributed by atoms with Crippen molar-refractivity contribution in [2.24, 2.45) is 5.92 Å². The summed E-state index contributed by atoms with van der Waals surface area (Å²) in [4.78, 5) is 12.2. The van der Waals surface area contributed by atoms with Crippen LogP contribution < -0.4 is 10.5 Å². The minimum Gasteiger partial charge on any atom is -0.491 e. The van der Waals surface area contributed by atoms with E-state index in [1.807, 2.05) is 0 Å². The number of carboxylic acid groups (broad SMARTS) is 1. The van der Waals surface area contributed by atoms with Gasteiger partial charge in [-0.2, -0.15) is 13.2 Å². The van der Waals surface area contributed by atoms with E-state index >= 15 is 0 Å². The van der Waals surface area contributed by atoms with Crippen molar-refractivity contribution >= 4 is 11.7 Å². The summed E-state index contributed by atoms with van der Waals surface area (Å²) in [5.74, 6) is -0.0133. The molecule has 0 bridgehead atoms. The Morgan fingerprint density at radius 3 is 2.30 bits per heavy atom. The first-order chi connectivity index (χ1) is 14.2. The Bertz CT molecular complexity index is 943. The van der Waals surface area contributed by atoms with Gasteiger partial charge < -0.3 is 15.6 Å². The van der Waals surface area contributed by atoms with Crippen LogP contribution in [0.4, 0.5) is 18.9 Å². The molecule has 0 radical (unpaired) electrons. The number of alkyl halides is 3. The van der Waals surface area contributed by atoms with Gasteiger partial charge in [0.15, 0.2) is 0 Å². The van der Waals surface area contributed by atoms with Gasteiger partial charge in [0.25, 0.3) is 0 Å². The smallest absolute Gasteiger partial charge is 0.416 e. The van der Waals surface area contributed by atoms with Crippen LogP contribution in [0, 0.1) is 5.92 Å². The summed E-state index contributed by atoms with van der Waals surface area (Å²) in [6.07, 6.45) is 0.396. The van der Waals surface area contributed by atoms with Crippen molar-refractivity contribution in [3.8, 4) is 16.9 Å². The van der Waals surface area contributed by atoms with E-state index in [0.29, 0.717) is 53.5 Å². The molecule has 30 heavy (non-hydrogen) atoms. The minimum absolute atomic E-state index is 0.317. The summed E-state index contributed by atoms with van der Waals surface area (Å²) in [5.41, 5.74) is 6.48. The van der Waals surface area contributed by atoms with Gasteiger partial charge in [-0.3, -0.25) is 4.79 Å². The molecule has 0 unspecified atom stereocenters. The highest BCUT2D eigenvalue weighted by molar-refractivity contribution is 5.87. The van der Waals surface area contributed by atoms with E-state index in [4.69, 9.17) is 10.5 Å². The highest BCUT2D eigenvalue weighted by Gasteiger charge is 2.43. The molecule has 160 valence electrons. The lowest BCUT2D eigenvalue weighted by Crippen LogP contribution is -2.32. The van der Waals surface area contributed by atoms with Gasteiger partial charge in [0, 0.05) is 5.56 Å². The standard InChI is InChI=1S/C23H24F3NO3/c24-23(25,26)16-7-5-15(6-8-16)18-11-17(22(21(28)29)9-1-2-10-22)12-19(20(18)27)30-13-14-3-4-14/h5-8,11-12,14H,1-4,9-10,13,27H2,(H,28,29). The van der Waals surface area contributed by atoms with E-state index in [0.717, 1.165) is 37.8 Å². The average molecular weight is 419 g/mol. The van der Waals surface area contributed by atoms with Crippen LogP contribution in [0.15, 0.2) is 36.4 Å². The molecule has 3 N–H and O–H groups in total. The van der Waals surface area contributed by atoms with Crippen LogP contribution in [0.5, 0.6) is 5.75 Å². The van der Waals surface area contributed by atoms with Crippen LogP contribution in [0.1, 0.15) is 49.7 Å². The summed E-state index contributed by atoms with van der Waals surface area (Å²) in [6.45, 7) is 0.500. The molecule has 2 aliphatic carbocycles. The number of ether oxygens (including phenoxy) is 1. The molecule has 7 heteroatoms. The third-order valence-corrected chi connectivity index (χ3v) is 6.26.